The first-order valence-corrected chi connectivity index (χ1v) is 33.6. The Kier molecular flexibility index (Phi) is 56.1. The van der Waals surface area contributed by atoms with Crippen molar-refractivity contribution in [1.82, 2.24) is 5.32 Å². The highest BCUT2D eigenvalue weighted by molar-refractivity contribution is 7.47. The van der Waals surface area contributed by atoms with Crippen LogP contribution in [0.1, 0.15) is 277 Å². The molecule has 8 nitrogen and oxygen atoms in total. The second kappa shape index (κ2) is 58.1. The van der Waals surface area contributed by atoms with Gasteiger partial charge in [-0.05, 0) is 77.0 Å². The predicted octanol–water partition coefficient (Wildman–Crippen LogP) is 20.2. The summed E-state index contributed by atoms with van der Waals surface area (Å²) in [5.74, 6) is -0.145. The van der Waals surface area contributed by atoms with E-state index >= 15 is 0 Å². The first kappa shape index (κ1) is 74.4. The lowest BCUT2D eigenvalue weighted by molar-refractivity contribution is -0.870. The summed E-state index contributed by atoms with van der Waals surface area (Å²) in [7, 11) is 1.62. The molecule has 1 amide bonds. The molecule has 0 radical (unpaired) electrons. The summed E-state index contributed by atoms with van der Waals surface area (Å²) in [4.78, 5) is 23.3. The number of hydrogen-bond acceptors (Lipinski definition) is 5. The molecule has 0 aliphatic carbocycles. The molecule has 3 atom stereocenters. The fourth-order valence-corrected chi connectivity index (χ4v) is 9.86. The van der Waals surface area contributed by atoms with Crippen molar-refractivity contribution in [2.45, 2.75) is 289 Å². The van der Waals surface area contributed by atoms with Crippen molar-refractivity contribution >= 4 is 13.7 Å². The van der Waals surface area contributed by atoms with Gasteiger partial charge in [0.05, 0.1) is 39.9 Å². The van der Waals surface area contributed by atoms with Gasteiger partial charge in [-0.1, -0.05) is 291 Å². The number of likely N-dealkylation sites (N-methyl/N-ethyl adjacent to an activating group) is 1. The van der Waals surface area contributed by atoms with E-state index in [1.807, 2.05) is 21.1 Å². The molecular formula is C68H124N2O6P+. The molecule has 0 aromatic rings. The van der Waals surface area contributed by atoms with Crippen LogP contribution in [0, 0.1) is 0 Å². The molecule has 3 unspecified atom stereocenters. The van der Waals surface area contributed by atoms with Crippen LogP contribution in [0.3, 0.4) is 0 Å². The number of carbonyl (C=O) groups excluding carboxylic acids is 1. The summed E-state index contributed by atoms with van der Waals surface area (Å²) in [6.45, 7) is 4.78. The number of aliphatic hydroxyl groups excluding tert-OH is 1. The predicted molar refractivity (Wildman–Crippen MR) is 336 cm³/mol. The molecule has 0 bridgehead atoms. The highest BCUT2D eigenvalue weighted by Crippen LogP contribution is 2.43. The van der Waals surface area contributed by atoms with E-state index in [2.05, 4.69) is 116 Å². The third kappa shape index (κ3) is 60.9. The van der Waals surface area contributed by atoms with Crippen molar-refractivity contribution in [2.75, 3.05) is 40.9 Å². The number of amides is 1. The van der Waals surface area contributed by atoms with Gasteiger partial charge in [-0.25, -0.2) is 4.57 Å². The zero-order valence-electron chi connectivity index (χ0n) is 50.9. The van der Waals surface area contributed by atoms with Crippen molar-refractivity contribution in [2.24, 2.45) is 0 Å². The number of quaternary nitrogens is 1. The Hall–Kier alpha value is -2.58. The molecule has 3 N–H and O–H groups in total. The van der Waals surface area contributed by atoms with E-state index in [9.17, 15) is 19.4 Å². The maximum atomic E-state index is 13.0. The number of aliphatic hydroxyl groups is 1. The third-order valence-corrected chi connectivity index (χ3v) is 15.1. The van der Waals surface area contributed by atoms with E-state index in [-0.39, 0.29) is 19.1 Å². The molecule has 0 rings (SSSR count). The number of allylic oxidation sites excluding steroid dienone is 16. The number of nitrogens with zero attached hydrogens (tertiary/aromatic N) is 1. The molecule has 0 aromatic heterocycles. The van der Waals surface area contributed by atoms with Crippen LogP contribution in [-0.2, 0) is 18.4 Å². The molecule has 77 heavy (non-hydrogen) atoms. The Morgan fingerprint density at radius 1 is 0.455 bits per heavy atom. The summed E-state index contributed by atoms with van der Waals surface area (Å²) in [5.41, 5.74) is 0. The van der Waals surface area contributed by atoms with Crippen LogP contribution in [0.15, 0.2) is 97.2 Å². The first-order chi connectivity index (χ1) is 37.5. The fourth-order valence-electron chi connectivity index (χ4n) is 9.12. The third-order valence-electron chi connectivity index (χ3n) is 14.1. The van der Waals surface area contributed by atoms with Crippen LogP contribution < -0.4 is 5.32 Å². The second-order valence-corrected chi connectivity index (χ2v) is 24.2. The topological polar surface area (TPSA) is 105 Å². The minimum atomic E-state index is -4.32. The van der Waals surface area contributed by atoms with Crippen LogP contribution in [0.4, 0.5) is 0 Å². The lowest BCUT2D eigenvalue weighted by Gasteiger charge is -2.26. The maximum absolute atomic E-state index is 13.0. The summed E-state index contributed by atoms with van der Waals surface area (Å²) >= 11 is 0. The number of rotatable bonds is 58. The minimum absolute atomic E-state index is 0.0729. The van der Waals surface area contributed by atoms with Crippen LogP contribution in [0.25, 0.3) is 0 Å². The van der Waals surface area contributed by atoms with Gasteiger partial charge >= 0.3 is 7.82 Å². The normalized spacial score (nSPS) is 14.4. The van der Waals surface area contributed by atoms with E-state index in [0.717, 1.165) is 89.9 Å². The largest absolute Gasteiger partial charge is 0.472 e. The van der Waals surface area contributed by atoms with Gasteiger partial charge in [0.1, 0.15) is 13.2 Å². The molecule has 446 valence electrons. The van der Waals surface area contributed by atoms with Gasteiger partial charge in [-0.15, -0.1) is 0 Å². The standard InChI is InChI=1S/C68H123N2O6P/c1-6-8-10-12-14-16-18-20-22-23-24-25-26-27-28-29-30-31-32-33-34-35-36-37-38-39-40-41-42-43-44-45-46-47-48-50-52-54-56-58-60-62-68(72)69-66(65-76-77(73,74)75-64-63-70(3,4)5)67(71)61-59-57-55-53-51-49-21-19-17-15-13-11-9-7-2/h8,10,14,16,20,22,24-25,27-28,30-31,33-34,36-37,66-67,71H,6-7,9,11-13,15,17-19,21,23,26,29,32,35,38-65H2,1-5H3,(H-,69,72,73,74)/p+1/b10-8-,16-14-,22-20-,25-24-,28-27-,31-30-,34-33-,37-36-. The van der Waals surface area contributed by atoms with Crippen molar-refractivity contribution in [3.8, 4) is 0 Å². The van der Waals surface area contributed by atoms with Crippen molar-refractivity contribution < 1.29 is 32.9 Å². The van der Waals surface area contributed by atoms with Gasteiger partial charge in [-0.2, -0.15) is 0 Å². The summed E-state index contributed by atoms with van der Waals surface area (Å²) < 4.78 is 23.8. The molecule has 0 fully saturated rings. The van der Waals surface area contributed by atoms with Crippen LogP contribution in [0.2, 0.25) is 0 Å². The molecule has 0 spiro atoms. The molecule has 9 heteroatoms. The number of carbonyl (C=O) groups is 1. The van der Waals surface area contributed by atoms with E-state index < -0.39 is 20.0 Å². The maximum Gasteiger partial charge on any atom is 0.472 e. The molecule has 0 aliphatic rings. The van der Waals surface area contributed by atoms with Gasteiger partial charge in [0.25, 0.3) is 0 Å². The van der Waals surface area contributed by atoms with E-state index in [4.69, 9.17) is 9.05 Å². The van der Waals surface area contributed by atoms with E-state index in [0.29, 0.717) is 23.9 Å². The first-order valence-electron chi connectivity index (χ1n) is 32.1. The zero-order chi connectivity index (χ0) is 56.3. The smallest absolute Gasteiger partial charge is 0.391 e. The summed E-state index contributed by atoms with van der Waals surface area (Å²) in [5, 5.41) is 14.1. The molecule has 0 aliphatic heterocycles. The Labute approximate surface area is 477 Å². The van der Waals surface area contributed by atoms with Crippen molar-refractivity contribution in [3.63, 3.8) is 0 Å². The quantitative estimate of drug-likeness (QED) is 0.0243. The lowest BCUT2D eigenvalue weighted by atomic mass is 10.0. The van der Waals surface area contributed by atoms with Crippen molar-refractivity contribution in [1.29, 1.82) is 0 Å². The Morgan fingerprint density at radius 3 is 1.14 bits per heavy atom. The van der Waals surface area contributed by atoms with Gasteiger partial charge in [0, 0.05) is 6.42 Å². The molecule has 0 heterocycles. The van der Waals surface area contributed by atoms with Gasteiger partial charge in [0.2, 0.25) is 5.91 Å². The summed E-state index contributed by atoms with van der Waals surface area (Å²) in [6.07, 6.45) is 83.5. The Balaban J connectivity index is 3.96. The second-order valence-electron chi connectivity index (χ2n) is 22.8. The van der Waals surface area contributed by atoms with Crippen LogP contribution in [0.5, 0.6) is 0 Å². The molecule has 0 saturated heterocycles. The lowest BCUT2D eigenvalue weighted by Crippen LogP contribution is -2.46. The Morgan fingerprint density at radius 2 is 0.779 bits per heavy atom. The summed E-state index contributed by atoms with van der Waals surface area (Å²) in [6, 6.07) is -0.764. The highest BCUT2D eigenvalue weighted by atomic mass is 31.2. The average molecular weight is 1100 g/mol. The SMILES string of the molecule is CC/C=C\C/C=C\C/C=C\C/C=C\C/C=C\C/C=C\C/C=C\C/C=C\CCCCCCCCCCCCCCCCCCC(=O)NC(COP(=O)(O)OCC[N+](C)(C)C)C(O)CCCCCCCCCCCCCCCC. The van der Waals surface area contributed by atoms with Gasteiger partial charge < -0.3 is 19.8 Å². The van der Waals surface area contributed by atoms with E-state index in [1.165, 1.54) is 161 Å². The molecule has 0 aromatic carbocycles. The molecule has 0 saturated carbocycles. The minimum Gasteiger partial charge on any atom is -0.391 e. The van der Waals surface area contributed by atoms with Gasteiger partial charge in [0.15, 0.2) is 0 Å². The monoisotopic (exact) mass is 1100 g/mol. The number of hydrogen-bond donors (Lipinski definition) is 3. The molecular weight excluding hydrogens is 972 g/mol. The van der Waals surface area contributed by atoms with Crippen molar-refractivity contribution in [3.05, 3.63) is 97.2 Å². The fraction of sp³-hybridized carbons (Fsp3) is 0.750. The van der Waals surface area contributed by atoms with Gasteiger partial charge in [-0.3, -0.25) is 13.8 Å². The zero-order valence-corrected chi connectivity index (χ0v) is 51.8. The number of unbranched alkanes of at least 4 members (excludes halogenated alkanes) is 29. The number of phosphoric ester groups is 1. The van der Waals surface area contributed by atoms with E-state index in [1.54, 1.807) is 0 Å². The highest BCUT2D eigenvalue weighted by Gasteiger charge is 2.28. The number of phosphoric acid groups is 1. The van der Waals surface area contributed by atoms with Crippen LogP contribution >= 0.6 is 7.82 Å². The van der Waals surface area contributed by atoms with Crippen LogP contribution in [-0.4, -0.2) is 73.4 Å². The number of nitrogens with one attached hydrogen (secondary N) is 1. The average Bonchev–Trinajstić information content (AvgIpc) is 3.39. The Bertz CT molecular complexity index is 1570.